The number of morpholine rings is 3. The smallest absolute Gasteiger partial charge is 0.119 e. The second-order valence-corrected chi connectivity index (χ2v) is 14.0. The molecule has 52 heavy (non-hydrogen) atoms. The summed E-state index contributed by atoms with van der Waals surface area (Å²) in [5, 5.41) is 19.1. The number of rotatable bonds is 16. The van der Waals surface area contributed by atoms with E-state index < -0.39 is 0 Å². The Labute approximate surface area is 314 Å². The van der Waals surface area contributed by atoms with E-state index in [1.54, 1.807) is 12.1 Å². The fraction of sp³-hybridized carbons (Fsp3) is 0.591. The molecule has 3 aromatic carbocycles. The molecule has 0 bridgehead atoms. The lowest BCUT2D eigenvalue weighted by Gasteiger charge is -2.24. The van der Waals surface area contributed by atoms with Crippen LogP contribution in [0.3, 0.4) is 0 Å². The third-order valence-corrected chi connectivity index (χ3v) is 9.74. The molecule has 6 rings (SSSR count). The molecule has 0 spiro atoms. The van der Waals surface area contributed by atoms with Crippen LogP contribution in [-0.4, -0.2) is 70.8 Å². The number of benzene rings is 3. The van der Waals surface area contributed by atoms with Gasteiger partial charge in [0.1, 0.15) is 11.5 Å². The summed E-state index contributed by atoms with van der Waals surface area (Å²) in [4.78, 5) is 0. The number of hydrogen-bond donors (Lipinski definition) is 4. The highest BCUT2D eigenvalue weighted by atomic mass is 16.5. The molecular weight excluding hydrogens is 651 g/mol. The maximum atomic E-state index is 9.10. The molecule has 0 amide bonds. The van der Waals surface area contributed by atoms with Crippen molar-refractivity contribution >= 4 is 0 Å². The topological polar surface area (TPSA) is 93.2 Å². The number of unbranched alkanes of at least 4 members (excludes halogenated alkanes) is 8. The first kappa shape index (κ1) is 41.8. The number of phenolic OH excluding ortho intramolecular Hbond substituents is 1. The lowest BCUT2D eigenvalue weighted by atomic mass is 10.0. The summed E-state index contributed by atoms with van der Waals surface area (Å²) >= 11 is 0. The zero-order valence-corrected chi connectivity index (χ0v) is 32.1. The molecule has 3 unspecified atom stereocenters. The van der Waals surface area contributed by atoms with Crippen LogP contribution in [-0.2, 0) is 20.6 Å². The molecule has 3 aliphatic heterocycles. The van der Waals surface area contributed by atoms with Crippen molar-refractivity contribution in [3.05, 3.63) is 95.1 Å². The highest BCUT2D eigenvalue weighted by Crippen LogP contribution is 2.23. The first-order valence-corrected chi connectivity index (χ1v) is 20.2. The molecule has 3 fully saturated rings. The number of ether oxygens (including phenoxy) is 4. The standard InChI is InChI=1S/C18H29NO.C16H25NO2.C10H13NO2/c1-2-3-4-5-6-7-8-16-9-11-17(12-10-16)18-15-19-13-14-20-18;1-2-3-4-5-11-18-15-8-6-14(7-9-15)16-13-17-10-12-19-16;12-9-3-1-8(2-4-9)10-7-11-5-6-13-10/h9-12,18-19H,2-8,13-15H2,1H3;6-9,16-17H,2-5,10-13H2,1H3;1-4,10-12H,5-7H2. The first-order chi connectivity index (χ1) is 25.7. The van der Waals surface area contributed by atoms with Crippen molar-refractivity contribution in [3.63, 3.8) is 0 Å². The largest absolute Gasteiger partial charge is 0.508 e. The van der Waals surface area contributed by atoms with E-state index in [0.717, 1.165) is 83.4 Å². The molecule has 3 aliphatic rings. The van der Waals surface area contributed by atoms with Crippen LogP contribution in [0.15, 0.2) is 72.8 Å². The van der Waals surface area contributed by atoms with Crippen molar-refractivity contribution in [2.45, 2.75) is 103 Å². The Hall–Kier alpha value is -2.98. The predicted molar refractivity (Wildman–Crippen MR) is 212 cm³/mol. The molecule has 3 heterocycles. The van der Waals surface area contributed by atoms with Crippen molar-refractivity contribution < 1.29 is 24.1 Å². The van der Waals surface area contributed by atoms with Crippen molar-refractivity contribution in [1.29, 1.82) is 0 Å². The average Bonchev–Trinajstić information content (AvgIpc) is 3.21. The summed E-state index contributed by atoms with van der Waals surface area (Å²) < 4.78 is 22.8. The summed E-state index contributed by atoms with van der Waals surface area (Å²) in [6, 6.07) is 24.5. The summed E-state index contributed by atoms with van der Waals surface area (Å²) in [6.45, 7) is 13.2. The van der Waals surface area contributed by atoms with Crippen LogP contribution < -0.4 is 20.7 Å². The van der Waals surface area contributed by atoms with Gasteiger partial charge in [0.05, 0.1) is 44.7 Å². The van der Waals surface area contributed by atoms with Gasteiger partial charge in [-0.15, -0.1) is 0 Å². The summed E-state index contributed by atoms with van der Waals surface area (Å²) in [5.74, 6) is 1.26. The Morgan fingerprint density at radius 3 is 1.42 bits per heavy atom. The number of aromatic hydroxyl groups is 1. The Bertz CT molecular complexity index is 1290. The van der Waals surface area contributed by atoms with E-state index in [0.29, 0.717) is 5.75 Å². The van der Waals surface area contributed by atoms with E-state index >= 15 is 0 Å². The third kappa shape index (κ3) is 16.4. The van der Waals surface area contributed by atoms with Crippen LogP contribution in [0, 0.1) is 0 Å². The molecule has 4 N–H and O–H groups in total. The van der Waals surface area contributed by atoms with Gasteiger partial charge in [-0.3, -0.25) is 0 Å². The zero-order valence-electron chi connectivity index (χ0n) is 32.1. The SMILES string of the molecule is CCCCCCCCc1ccc(C2CNCCO2)cc1.CCCCCCOc1ccc(C2CNCCO2)cc1.Oc1ccc(C2CNCCO2)cc1. The normalized spacial score (nSPS) is 20.2. The second kappa shape index (κ2) is 25.9. The monoisotopic (exact) mass is 718 g/mol. The Morgan fingerprint density at radius 1 is 0.538 bits per heavy atom. The van der Waals surface area contributed by atoms with E-state index in [1.165, 1.54) is 80.9 Å². The van der Waals surface area contributed by atoms with E-state index in [-0.39, 0.29) is 18.3 Å². The van der Waals surface area contributed by atoms with Gasteiger partial charge >= 0.3 is 0 Å². The van der Waals surface area contributed by atoms with Crippen LogP contribution in [0.5, 0.6) is 11.5 Å². The lowest BCUT2D eigenvalue weighted by Crippen LogP contribution is -2.33. The van der Waals surface area contributed by atoms with Crippen LogP contribution in [0.2, 0.25) is 0 Å². The Morgan fingerprint density at radius 2 is 0.962 bits per heavy atom. The van der Waals surface area contributed by atoms with Gasteiger partial charge in [0, 0.05) is 39.3 Å². The van der Waals surface area contributed by atoms with Crippen molar-refractivity contribution in [2.75, 3.05) is 65.7 Å². The quantitative estimate of drug-likeness (QED) is 0.110. The maximum Gasteiger partial charge on any atom is 0.119 e. The van der Waals surface area contributed by atoms with Crippen molar-refractivity contribution in [3.8, 4) is 11.5 Å². The van der Waals surface area contributed by atoms with Crippen LogP contribution in [0.25, 0.3) is 0 Å². The zero-order chi connectivity index (χ0) is 36.5. The van der Waals surface area contributed by atoms with Crippen LogP contribution in [0.1, 0.15) is 119 Å². The molecule has 288 valence electrons. The van der Waals surface area contributed by atoms with E-state index in [9.17, 15) is 0 Å². The van der Waals surface area contributed by atoms with E-state index in [4.69, 9.17) is 24.1 Å². The van der Waals surface area contributed by atoms with E-state index in [1.807, 2.05) is 24.3 Å². The van der Waals surface area contributed by atoms with Gasteiger partial charge in [0.15, 0.2) is 0 Å². The molecule has 0 saturated carbocycles. The minimum atomic E-state index is 0.134. The maximum absolute atomic E-state index is 9.10. The van der Waals surface area contributed by atoms with Crippen LogP contribution >= 0.6 is 0 Å². The van der Waals surface area contributed by atoms with Crippen LogP contribution in [0.4, 0.5) is 0 Å². The average molecular weight is 718 g/mol. The molecule has 0 aliphatic carbocycles. The minimum absolute atomic E-state index is 0.134. The molecule has 3 saturated heterocycles. The van der Waals surface area contributed by atoms with Gasteiger partial charge in [-0.1, -0.05) is 114 Å². The molecular formula is C44H67N3O5. The van der Waals surface area contributed by atoms with Gasteiger partial charge in [0.25, 0.3) is 0 Å². The summed E-state index contributed by atoms with van der Waals surface area (Å²) in [6.07, 6.45) is 15.0. The van der Waals surface area contributed by atoms with Gasteiger partial charge in [-0.05, 0) is 65.8 Å². The number of hydrogen-bond acceptors (Lipinski definition) is 8. The number of nitrogens with one attached hydrogen (secondary N) is 3. The Balaban J connectivity index is 0.000000178. The highest BCUT2D eigenvalue weighted by Gasteiger charge is 2.17. The van der Waals surface area contributed by atoms with Crippen molar-refractivity contribution in [2.24, 2.45) is 0 Å². The fourth-order valence-electron chi connectivity index (χ4n) is 6.53. The lowest BCUT2D eigenvalue weighted by molar-refractivity contribution is 0.0276. The summed E-state index contributed by atoms with van der Waals surface area (Å²) in [5.41, 5.74) is 5.12. The van der Waals surface area contributed by atoms with Crippen molar-refractivity contribution in [1.82, 2.24) is 16.0 Å². The first-order valence-electron chi connectivity index (χ1n) is 20.2. The van der Waals surface area contributed by atoms with Gasteiger partial charge in [-0.25, -0.2) is 0 Å². The predicted octanol–water partition coefficient (Wildman–Crippen LogP) is 8.61. The van der Waals surface area contributed by atoms with Gasteiger partial charge in [-0.2, -0.15) is 0 Å². The summed E-state index contributed by atoms with van der Waals surface area (Å²) in [7, 11) is 0. The number of phenols is 1. The molecule has 3 atom stereocenters. The molecule has 3 aromatic rings. The molecule has 8 nitrogen and oxygen atoms in total. The molecule has 0 radical (unpaired) electrons. The van der Waals surface area contributed by atoms with Gasteiger partial charge < -0.3 is 40.0 Å². The number of aryl methyl sites for hydroxylation is 1. The third-order valence-electron chi connectivity index (χ3n) is 9.74. The fourth-order valence-corrected chi connectivity index (χ4v) is 6.53. The molecule has 8 heteroatoms. The highest BCUT2D eigenvalue weighted by molar-refractivity contribution is 5.29. The molecule has 0 aromatic heterocycles. The second-order valence-electron chi connectivity index (χ2n) is 14.0. The Kier molecular flexibility index (Phi) is 20.8. The van der Waals surface area contributed by atoms with Gasteiger partial charge in [0.2, 0.25) is 0 Å². The van der Waals surface area contributed by atoms with E-state index in [2.05, 4.69) is 66.2 Å². The minimum Gasteiger partial charge on any atom is -0.508 e.